The molecule has 188 valence electrons. The zero-order valence-corrected chi connectivity index (χ0v) is 20.2. The Labute approximate surface area is 204 Å². The molecule has 0 unspecified atom stereocenters. The van der Waals surface area contributed by atoms with Gasteiger partial charge < -0.3 is 11.1 Å². The van der Waals surface area contributed by atoms with E-state index in [0.717, 1.165) is 19.3 Å². The molecule has 1 aliphatic heterocycles. The molecule has 4 rings (SSSR count). The molecule has 1 saturated heterocycles. The summed E-state index contributed by atoms with van der Waals surface area (Å²) in [6, 6.07) is 7.34. The van der Waals surface area contributed by atoms with E-state index in [-0.39, 0.29) is 22.8 Å². The molecule has 3 atom stereocenters. The van der Waals surface area contributed by atoms with Gasteiger partial charge in [0.2, 0.25) is 21.8 Å². The van der Waals surface area contributed by atoms with Crippen LogP contribution in [-0.4, -0.2) is 66.6 Å². The normalized spacial score (nSPS) is 22.9. The Morgan fingerprint density at radius 2 is 1.74 bits per heavy atom. The van der Waals surface area contributed by atoms with Gasteiger partial charge in [0.25, 0.3) is 0 Å². The molecule has 9 nitrogen and oxygen atoms in total. The fourth-order valence-corrected chi connectivity index (χ4v) is 6.39. The molecule has 2 fully saturated rings. The van der Waals surface area contributed by atoms with E-state index in [4.69, 9.17) is 5.73 Å². The van der Waals surface area contributed by atoms with Crippen LogP contribution in [0.5, 0.6) is 0 Å². The number of nitrogens with one attached hydrogen (secondary N) is 1. The fourth-order valence-electron chi connectivity index (χ4n) is 5.00. The molecular formula is C24H30FN5O4S. The zero-order valence-electron chi connectivity index (χ0n) is 19.3. The first-order valence-corrected chi connectivity index (χ1v) is 13.2. The number of carbonyl (C=O) groups is 2. The number of aromatic nitrogens is 1. The summed E-state index contributed by atoms with van der Waals surface area (Å²) in [5.41, 5.74) is 5.97. The van der Waals surface area contributed by atoms with E-state index >= 15 is 0 Å². The summed E-state index contributed by atoms with van der Waals surface area (Å²) in [5, 5.41) is 2.77. The highest BCUT2D eigenvalue weighted by atomic mass is 32.2. The van der Waals surface area contributed by atoms with Crippen LogP contribution in [0.25, 0.3) is 0 Å². The van der Waals surface area contributed by atoms with Crippen molar-refractivity contribution in [2.24, 2.45) is 11.7 Å². The fraction of sp³-hybridized carbons (Fsp3) is 0.458. The Bertz CT molecular complexity index is 1140. The minimum absolute atomic E-state index is 0.0614. The lowest BCUT2D eigenvalue weighted by Crippen LogP contribution is -2.56. The number of amides is 2. The van der Waals surface area contributed by atoms with Crippen molar-refractivity contribution in [3.8, 4) is 0 Å². The second-order valence-corrected chi connectivity index (χ2v) is 10.9. The third-order valence-corrected chi connectivity index (χ3v) is 8.74. The van der Waals surface area contributed by atoms with Crippen LogP contribution < -0.4 is 11.1 Å². The van der Waals surface area contributed by atoms with Gasteiger partial charge in [-0.3, -0.25) is 19.5 Å². The van der Waals surface area contributed by atoms with Crippen molar-refractivity contribution in [3.63, 3.8) is 0 Å². The van der Waals surface area contributed by atoms with Crippen molar-refractivity contribution in [1.29, 1.82) is 0 Å². The lowest BCUT2D eigenvalue weighted by molar-refractivity contribution is -0.133. The number of hydrogen-bond acceptors (Lipinski definition) is 6. The van der Waals surface area contributed by atoms with Crippen LogP contribution in [0, 0.1) is 11.7 Å². The quantitative estimate of drug-likeness (QED) is 0.589. The second kappa shape index (κ2) is 10.8. The van der Waals surface area contributed by atoms with Gasteiger partial charge in [0, 0.05) is 44.6 Å². The summed E-state index contributed by atoms with van der Waals surface area (Å²) in [5.74, 6) is -1.78. The largest absolute Gasteiger partial charge is 0.368 e. The highest BCUT2D eigenvalue weighted by Gasteiger charge is 2.39. The zero-order chi connectivity index (χ0) is 25.0. The van der Waals surface area contributed by atoms with E-state index in [1.54, 1.807) is 6.07 Å². The van der Waals surface area contributed by atoms with Gasteiger partial charge in [-0.15, -0.1) is 0 Å². The van der Waals surface area contributed by atoms with Gasteiger partial charge in [0.1, 0.15) is 16.8 Å². The number of carbonyl (C=O) groups excluding carboxylic acids is 2. The van der Waals surface area contributed by atoms with Crippen molar-refractivity contribution < 1.29 is 22.4 Å². The van der Waals surface area contributed by atoms with Crippen molar-refractivity contribution in [1.82, 2.24) is 19.5 Å². The summed E-state index contributed by atoms with van der Waals surface area (Å²) in [6.07, 6.45) is 6.22. The predicted octanol–water partition coefficient (Wildman–Crippen LogP) is 1.43. The molecule has 2 amide bonds. The van der Waals surface area contributed by atoms with Crippen LogP contribution in [0.1, 0.15) is 37.3 Å². The van der Waals surface area contributed by atoms with Crippen LogP contribution in [0.4, 0.5) is 4.39 Å². The third kappa shape index (κ3) is 5.68. The molecule has 2 aliphatic rings. The average Bonchev–Trinajstić information content (AvgIpc) is 2.88. The molecule has 11 heteroatoms. The Balaban J connectivity index is 1.43. The highest BCUT2D eigenvalue weighted by Crippen LogP contribution is 2.31. The van der Waals surface area contributed by atoms with Gasteiger partial charge in [-0.05, 0) is 42.7 Å². The van der Waals surface area contributed by atoms with Gasteiger partial charge in [-0.2, -0.15) is 4.31 Å². The van der Waals surface area contributed by atoms with Gasteiger partial charge in [0.05, 0.1) is 5.92 Å². The molecule has 2 heterocycles. The number of hydrogen-bond donors (Lipinski definition) is 2. The molecule has 0 bridgehead atoms. The minimum atomic E-state index is -3.62. The molecule has 35 heavy (non-hydrogen) atoms. The molecule has 2 aromatic rings. The first kappa shape index (κ1) is 25.2. The van der Waals surface area contributed by atoms with Crippen LogP contribution in [-0.2, 0) is 19.6 Å². The maximum Gasteiger partial charge on any atom is 0.244 e. The standard InChI is InChI=1S/C24H30FN5O4S/c25-18-9-7-17(8-10-18)22(23(26)31)28-24(32)20-5-1-2-6-21(20)29-12-14-30(15-13-29)35(33,34)19-4-3-11-27-16-19/h3-4,7-11,16,20-22H,1-2,5-6,12-15H2,(H2,26,31)(H,28,32)/t20-,21-,22+/m1/s1. The van der Waals surface area contributed by atoms with Gasteiger partial charge in [-0.25, -0.2) is 12.8 Å². The van der Waals surface area contributed by atoms with Crippen LogP contribution in [0.2, 0.25) is 0 Å². The molecule has 1 saturated carbocycles. The first-order valence-electron chi connectivity index (χ1n) is 11.8. The van der Waals surface area contributed by atoms with Gasteiger partial charge in [-0.1, -0.05) is 25.0 Å². The van der Waals surface area contributed by atoms with E-state index in [1.807, 2.05) is 0 Å². The van der Waals surface area contributed by atoms with Gasteiger partial charge in [0.15, 0.2) is 0 Å². The number of halogens is 1. The molecule has 0 spiro atoms. The molecule has 3 N–H and O–H groups in total. The number of nitrogens with two attached hydrogens (primary N) is 1. The van der Waals surface area contributed by atoms with Crippen LogP contribution in [0.15, 0.2) is 53.7 Å². The van der Waals surface area contributed by atoms with E-state index in [0.29, 0.717) is 38.2 Å². The van der Waals surface area contributed by atoms with Crippen molar-refractivity contribution in [2.75, 3.05) is 26.2 Å². The monoisotopic (exact) mass is 503 g/mol. The molecule has 0 radical (unpaired) electrons. The maximum absolute atomic E-state index is 13.3. The first-order chi connectivity index (χ1) is 16.8. The van der Waals surface area contributed by atoms with Crippen LogP contribution in [0.3, 0.4) is 0 Å². The average molecular weight is 504 g/mol. The predicted molar refractivity (Wildman–Crippen MR) is 127 cm³/mol. The number of pyridine rings is 1. The van der Waals surface area contributed by atoms with Crippen molar-refractivity contribution in [2.45, 2.75) is 42.7 Å². The lowest BCUT2D eigenvalue weighted by Gasteiger charge is -2.43. The van der Waals surface area contributed by atoms with E-state index in [1.165, 1.54) is 47.0 Å². The number of rotatable bonds is 7. The molecular weight excluding hydrogens is 473 g/mol. The second-order valence-electron chi connectivity index (χ2n) is 8.98. The van der Waals surface area contributed by atoms with E-state index in [9.17, 15) is 22.4 Å². The third-order valence-electron chi connectivity index (χ3n) is 6.86. The number of piperazine rings is 1. The Kier molecular flexibility index (Phi) is 7.78. The molecule has 1 aromatic heterocycles. The minimum Gasteiger partial charge on any atom is -0.368 e. The van der Waals surface area contributed by atoms with Crippen LogP contribution >= 0.6 is 0 Å². The number of sulfonamides is 1. The lowest BCUT2D eigenvalue weighted by atomic mass is 9.82. The highest BCUT2D eigenvalue weighted by molar-refractivity contribution is 7.89. The van der Waals surface area contributed by atoms with Crippen molar-refractivity contribution >= 4 is 21.8 Å². The summed E-state index contributed by atoms with van der Waals surface area (Å²) in [7, 11) is -3.62. The van der Waals surface area contributed by atoms with Crippen molar-refractivity contribution in [3.05, 3.63) is 60.2 Å². The topological polar surface area (TPSA) is 126 Å². The molecule has 1 aromatic carbocycles. The Morgan fingerprint density at radius 3 is 2.37 bits per heavy atom. The smallest absolute Gasteiger partial charge is 0.244 e. The maximum atomic E-state index is 13.3. The Morgan fingerprint density at radius 1 is 1.06 bits per heavy atom. The number of benzene rings is 1. The van der Waals surface area contributed by atoms with E-state index in [2.05, 4.69) is 15.2 Å². The molecule has 1 aliphatic carbocycles. The summed E-state index contributed by atoms with van der Waals surface area (Å²) in [6.45, 7) is 1.65. The SMILES string of the molecule is NC(=O)[C@@H](NC(=O)[C@@H]1CCCC[C@H]1N1CCN(S(=O)(=O)c2cccnc2)CC1)c1ccc(F)cc1. The number of nitrogens with zero attached hydrogens (tertiary/aromatic N) is 3. The summed E-state index contributed by atoms with van der Waals surface area (Å²) < 4.78 is 40.6. The summed E-state index contributed by atoms with van der Waals surface area (Å²) in [4.78, 5) is 31.6. The summed E-state index contributed by atoms with van der Waals surface area (Å²) >= 11 is 0. The Hall–Kier alpha value is -2.89. The van der Waals surface area contributed by atoms with Gasteiger partial charge >= 0.3 is 0 Å². The number of primary amides is 1. The van der Waals surface area contributed by atoms with E-state index < -0.39 is 27.8 Å².